The smallest absolute Gasteiger partial charge is 0.287 e. The van der Waals surface area contributed by atoms with Crippen LogP contribution in [0.15, 0.2) is 18.2 Å². The summed E-state index contributed by atoms with van der Waals surface area (Å²) in [5, 5.41) is 28.3. The van der Waals surface area contributed by atoms with Crippen molar-refractivity contribution in [2.24, 2.45) is 5.92 Å². The molecule has 0 amide bonds. The third-order valence-corrected chi connectivity index (χ3v) is 2.51. The molecule has 1 rings (SSSR count). The molecule has 0 bridgehead atoms. The van der Waals surface area contributed by atoms with Gasteiger partial charge in [0.2, 0.25) is 0 Å². The third-order valence-electron chi connectivity index (χ3n) is 2.51. The van der Waals surface area contributed by atoms with Crippen LogP contribution in [0.3, 0.4) is 0 Å². The Morgan fingerprint density at radius 2 is 2.17 bits per heavy atom. The zero-order valence-electron chi connectivity index (χ0n) is 10.1. The molecule has 18 heavy (non-hydrogen) atoms. The molecule has 0 aliphatic rings. The molecular weight excluding hydrogens is 232 g/mol. The number of rotatable bonds is 4. The minimum atomic E-state index is -0.583. The summed E-state index contributed by atoms with van der Waals surface area (Å²) >= 11 is 0. The summed E-state index contributed by atoms with van der Waals surface area (Å²) in [6.07, 6.45) is 0. The van der Waals surface area contributed by atoms with Crippen LogP contribution in [0.1, 0.15) is 12.5 Å². The SMILES string of the molecule is CC(C#N)CN(C)c1ccc([N+](=O)[O-])c(C#N)c1. The summed E-state index contributed by atoms with van der Waals surface area (Å²) in [6.45, 7) is 2.28. The Bertz CT molecular complexity index is 542. The number of nitrogens with zero attached hydrogens (tertiary/aromatic N) is 4. The van der Waals surface area contributed by atoms with Gasteiger partial charge in [-0.15, -0.1) is 0 Å². The van der Waals surface area contributed by atoms with Crippen LogP contribution in [0.2, 0.25) is 0 Å². The fourth-order valence-electron chi connectivity index (χ4n) is 1.57. The summed E-state index contributed by atoms with van der Waals surface area (Å²) < 4.78 is 0. The van der Waals surface area contributed by atoms with Crippen LogP contribution in [-0.4, -0.2) is 18.5 Å². The lowest BCUT2D eigenvalue weighted by atomic mass is 10.1. The van der Waals surface area contributed by atoms with Gasteiger partial charge in [-0.3, -0.25) is 10.1 Å². The maximum absolute atomic E-state index is 10.7. The van der Waals surface area contributed by atoms with Gasteiger partial charge in [-0.05, 0) is 19.1 Å². The van der Waals surface area contributed by atoms with Gasteiger partial charge in [0.05, 0.1) is 16.9 Å². The van der Waals surface area contributed by atoms with Crippen molar-refractivity contribution >= 4 is 11.4 Å². The molecule has 0 aliphatic carbocycles. The average molecular weight is 244 g/mol. The van der Waals surface area contributed by atoms with Crippen molar-refractivity contribution in [2.45, 2.75) is 6.92 Å². The van der Waals surface area contributed by atoms with Crippen LogP contribution in [0.25, 0.3) is 0 Å². The summed E-state index contributed by atoms with van der Waals surface area (Å²) in [4.78, 5) is 11.9. The molecule has 0 aliphatic heterocycles. The van der Waals surface area contributed by atoms with Crippen LogP contribution in [0.5, 0.6) is 0 Å². The molecule has 6 heteroatoms. The average Bonchev–Trinajstić information content (AvgIpc) is 2.37. The minimum absolute atomic E-state index is 0.0222. The largest absolute Gasteiger partial charge is 0.373 e. The fraction of sp³-hybridized carbons (Fsp3) is 0.333. The van der Waals surface area contributed by atoms with Gasteiger partial charge in [0, 0.05) is 25.3 Å². The van der Waals surface area contributed by atoms with Crippen molar-refractivity contribution in [1.82, 2.24) is 0 Å². The van der Waals surface area contributed by atoms with Crippen LogP contribution in [-0.2, 0) is 0 Å². The van der Waals surface area contributed by atoms with Crippen LogP contribution in [0, 0.1) is 38.7 Å². The van der Waals surface area contributed by atoms with Gasteiger partial charge in [-0.2, -0.15) is 10.5 Å². The predicted octanol–water partition coefficient (Wildman–Crippen LogP) is 2.06. The van der Waals surface area contributed by atoms with Gasteiger partial charge in [0.25, 0.3) is 5.69 Å². The van der Waals surface area contributed by atoms with Gasteiger partial charge >= 0.3 is 0 Å². The first-order valence-corrected chi connectivity index (χ1v) is 5.29. The van der Waals surface area contributed by atoms with E-state index in [4.69, 9.17) is 10.5 Å². The summed E-state index contributed by atoms with van der Waals surface area (Å²) in [7, 11) is 1.77. The van der Waals surface area contributed by atoms with E-state index >= 15 is 0 Å². The number of nitriles is 2. The second-order valence-electron chi connectivity index (χ2n) is 3.98. The standard InChI is InChI=1S/C12H12N4O2/c1-9(6-13)8-15(2)11-3-4-12(16(17)18)10(5-11)7-14/h3-5,9H,8H2,1-2H3. The first kappa shape index (κ1) is 13.5. The van der Waals surface area contributed by atoms with E-state index in [2.05, 4.69) is 6.07 Å². The maximum atomic E-state index is 10.7. The van der Waals surface area contributed by atoms with E-state index in [0.717, 1.165) is 0 Å². The van der Waals surface area contributed by atoms with E-state index in [-0.39, 0.29) is 17.2 Å². The zero-order chi connectivity index (χ0) is 13.7. The first-order valence-electron chi connectivity index (χ1n) is 5.29. The van der Waals surface area contributed by atoms with Gasteiger partial charge in [0.15, 0.2) is 0 Å². The second kappa shape index (κ2) is 5.65. The minimum Gasteiger partial charge on any atom is -0.373 e. The van der Waals surface area contributed by atoms with Crippen LogP contribution >= 0.6 is 0 Å². The summed E-state index contributed by atoms with van der Waals surface area (Å²) in [6, 6.07) is 8.26. The lowest BCUT2D eigenvalue weighted by Gasteiger charge is -2.20. The highest BCUT2D eigenvalue weighted by Crippen LogP contribution is 2.24. The normalized spacial score (nSPS) is 11.1. The first-order chi connectivity index (χ1) is 8.49. The number of hydrogen-bond acceptors (Lipinski definition) is 5. The third kappa shape index (κ3) is 2.96. The van der Waals surface area contributed by atoms with Crippen LogP contribution < -0.4 is 4.90 Å². The second-order valence-corrected chi connectivity index (χ2v) is 3.98. The molecule has 0 aromatic heterocycles. The summed E-state index contributed by atoms with van der Waals surface area (Å²) in [5.74, 6) is -0.157. The molecule has 1 unspecified atom stereocenters. The van der Waals surface area contributed by atoms with Crippen LogP contribution in [0.4, 0.5) is 11.4 Å². The highest BCUT2D eigenvalue weighted by Gasteiger charge is 2.15. The number of benzene rings is 1. The van der Waals surface area contributed by atoms with Crippen molar-refractivity contribution in [3.05, 3.63) is 33.9 Å². The molecule has 0 spiro atoms. The van der Waals surface area contributed by atoms with Gasteiger partial charge in [-0.1, -0.05) is 0 Å². The molecule has 0 N–H and O–H groups in total. The maximum Gasteiger partial charge on any atom is 0.287 e. The molecular formula is C12H12N4O2. The lowest BCUT2D eigenvalue weighted by molar-refractivity contribution is -0.385. The van der Waals surface area contributed by atoms with E-state index in [9.17, 15) is 10.1 Å². The number of anilines is 1. The Labute approximate surface area is 105 Å². The van der Waals surface area contributed by atoms with E-state index < -0.39 is 4.92 Å². The molecule has 0 heterocycles. The quantitative estimate of drug-likeness (QED) is 0.596. The highest BCUT2D eigenvalue weighted by atomic mass is 16.6. The van der Waals surface area contributed by atoms with Crippen molar-refractivity contribution in [3.63, 3.8) is 0 Å². The van der Waals surface area contributed by atoms with Gasteiger partial charge < -0.3 is 4.90 Å². The highest BCUT2D eigenvalue weighted by molar-refractivity contribution is 5.59. The zero-order valence-corrected chi connectivity index (χ0v) is 10.1. The van der Waals surface area contributed by atoms with E-state index in [0.29, 0.717) is 12.2 Å². The number of nitro groups is 1. The molecule has 0 saturated carbocycles. The fourth-order valence-corrected chi connectivity index (χ4v) is 1.57. The molecule has 0 fully saturated rings. The Morgan fingerprint density at radius 1 is 1.50 bits per heavy atom. The van der Waals surface area contributed by atoms with Gasteiger partial charge in [-0.25, -0.2) is 0 Å². The summed E-state index contributed by atoms with van der Waals surface area (Å²) in [5.41, 5.74) is 0.496. The Kier molecular flexibility index (Phi) is 4.22. The topological polar surface area (TPSA) is 94.0 Å². The number of hydrogen-bond donors (Lipinski definition) is 0. The van der Waals surface area contributed by atoms with Gasteiger partial charge in [0.1, 0.15) is 11.6 Å². The molecule has 0 radical (unpaired) electrons. The van der Waals surface area contributed by atoms with Crippen molar-refractivity contribution < 1.29 is 4.92 Å². The Balaban J connectivity index is 3.03. The van der Waals surface area contributed by atoms with E-state index in [1.807, 2.05) is 0 Å². The molecule has 1 aromatic carbocycles. The van der Waals surface area contributed by atoms with Crippen molar-refractivity contribution in [2.75, 3.05) is 18.5 Å². The lowest BCUT2D eigenvalue weighted by Crippen LogP contribution is -2.23. The Hall–Kier alpha value is -2.60. The Morgan fingerprint density at radius 3 is 2.67 bits per heavy atom. The predicted molar refractivity (Wildman–Crippen MR) is 65.9 cm³/mol. The van der Waals surface area contributed by atoms with E-state index in [1.54, 1.807) is 31.0 Å². The monoisotopic (exact) mass is 244 g/mol. The van der Waals surface area contributed by atoms with Crippen molar-refractivity contribution in [1.29, 1.82) is 10.5 Å². The number of nitro benzene ring substituents is 1. The molecule has 6 nitrogen and oxygen atoms in total. The molecule has 1 atom stereocenters. The van der Waals surface area contributed by atoms with E-state index in [1.165, 1.54) is 12.1 Å². The molecule has 1 aromatic rings. The van der Waals surface area contributed by atoms with Crippen molar-refractivity contribution in [3.8, 4) is 12.1 Å². The molecule has 0 saturated heterocycles. The molecule has 92 valence electrons.